The molecular formula is C27H33F2N3O7S2. The molecule has 2 atom stereocenters. The average molecular weight is 614 g/mol. The van der Waals surface area contributed by atoms with Crippen LogP contribution in [0, 0.1) is 11.6 Å². The third kappa shape index (κ3) is 6.81. The summed E-state index contributed by atoms with van der Waals surface area (Å²) in [5.41, 5.74) is -3.31. The number of sulfonamides is 1. The first-order valence-corrected chi connectivity index (χ1v) is 15.0. The fourth-order valence-corrected chi connectivity index (χ4v) is 7.24. The van der Waals surface area contributed by atoms with Crippen LogP contribution in [0.1, 0.15) is 34.6 Å². The van der Waals surface area contributed by atoms with E-state index in [1.807, 2.05) is 13.8 Å². The van der Waals surface area contributed by atoms with Gasteiger partial charge in [0.15, 0.2) is 5.78 Å². The molecule has 1 fully saturated rings. The van der Waals surface area contributed by atoms with Crippen LogP contribution in [-0.2, 0) is 24.3 Å². The second-order valence-electron chi connectivity index (χ2n) is 10.7. The van der Waals surface area contributed by atoms with Crippen molar-refractivity contribution in [2.75, 3.05) is 24.2 Å². The van der Waals surface area contributed by atoms with E-state index in [1.165, 1.54) is 68.9 Å². The first-order chi connectivity index (χ1) is 18.9. The largest absolute Gasteiger partial charge is 0.461 e. The zero-order valence-corrected chi connectivity index (χ0v) is 25.4. The maximum absolute atomic E-state index is 15.0. The van der Waals surface area contributed by atoms with E-state index in [4.69, 9.17) is 9.47 Å². The molecule has 41 heavy (non-hydrogen) atoms. The molecule has 10 nitrogen and oxygen atoms in total. The minimum atomic E-state index is -5.08. The first-order valence-electron chi connectivity index (χ1n) is 12.5. The van der Waals surface area contributed by atoms with E-state index >= 15 is 0 Å². The molecule has 14 heteroatoms. The highest BCUT2D eigenvalue weighted by Crippen LogP contribution is 2.39. The number of Topliss-reactive ketones (excluding diaryl/α,β-unsaturated/α-hetero) is 1. The van der Waals surface area contributed by atoms with E-state index in [2.05, 4.69) is 5.32 Å². The summed E-state index contributed by atoms with van der Waals surface area (Å²) in [5.74, 6) is -3.98. The van der Waals surface area contributed by atoms with Gasteiger partial charge in [-0.15, -0.1) is 11.8 Å². The van der Waals surface area contributed by atoms with Gasteiger partial charge in [0.1, 0.15) is 27.7 Å². The van der Waals surface area contributed by atoms with E-state index < -0.39 is 67.0 Å². The van der Waals surface area contributed by atoms with Crippen LogP contribution in [0.4, 0.5) is 19.3 Å². The van der Waals surface area contributed by atoms with Crippen LogP contribution in [0.5, 0.6) is 5.75 Å². The Labute approximate surface area is 242 Å². The van der Waals surface area contributed by atoms with Crippen molar-refractivity contribution in [1.82, 2.24) is 10.2 Å². The number of rotatable bonds is 9. The van der Waals surface area contributed by atoms with E-state index in [-0.39, 0.29) is 11.4 Å². The molecular weight excluding hydrogens is 580 g/mol. The summed E-state index contributed by atoms with van der Waals surface area (Å²) in [7, 11) is -2.14. The van der Waals surface area contributed by atoms with E-state index in [0.717, 1.165) is 13.0 Å². The maximum atomic E-state index is 15.0. The standard InChI is InChI=1S/C27H33F2N3O7S2/c1-16(2)38-24(34)27(5,22(33)23-30-26(3,4)15-40-23)32(41(36,37)21-13-8-17(28)14-20(21)29)18-9-11-19(12-10-18)39-25(35)31(6)7/h8-14,16,23,30H,15H2,1-7H3/t23-,27+/m0/s1. The van der Waals surface area contributed by atoms with Gasteiger partial charge in [0.25, 0.3) is 10.0 Å². The minimum absolute atomic E-state index is 0.0327. The normalized spacial score (nSPS) is 18.0. The van der Waals surface area contributed by atoms with Crippen molar-refractivity contribution in [3.63, 3.8) is 0 Å². The summed E-state index contributed by atoms with van der Waals surface area (Å²) in [6.45, 7) is 7.83. The number of hydrogen-bond donors (Lipinski definition) is 1. The predicted molar refractivity (Wildman–Crippen MR) is 150 cm³/mol. The number of esters is 1. The number of carbonyl (C=O) groups is 3. The van der Waals surface area contributed by atoms with Gasteiger partial charge < -0.3 is 14.4 Å². The Balaban J connectivity index is 2.28. The third-order valence-electron chi connectivity index (χ3n) is 6.05. The van der Waals surface area contributed by atoms with Crippen LogP contribution in [0.15, 0.2) is 47.4 Å². The molecule has 2 aromatic rings. The molecule has 1 aliphatic rings. The van der Waals surface area contributed by atoms with Crippen molar-refractivity contribution in [2.45, 2.75) is 62.1 Å². The summed E-state index contributed by atoms with van der Waals surface area (Å²) in [6, 6.07) is 6.76. The van der Waals surface area contributed by atoms with Gasteiger partial charge in [0, 0.05) is 31.5 Å². The minimum Gasteiger partial charge on any atom is -0.461 e. The van der Waals surface area contributed by atoms with Gasteiger partial charge in [-0.1, -0.05) is 0 Å². The number of thioether (sulfide) groups is 1. The second-order valence-corrected chi connectivity index (χ2v) is 13.6. The van der Waals surface area contributed by atoms with Crippen LogP contribution in [-0.4, -0.2) is 73.6 Å². The Morgan fingerprint density at radius 1 is 1.10 bits per heavy atom. The van der Waals surface area contributed by atoms with Crippen LogP contribution in [0.2, 0.25) is 0 Å². The smallest absolute Gasteiger partial charge is 0.414 e. The summed E-state index contributed by atoms with van der Waals surface area (Å²) >= 11 is 1.18. The van der Waals surface area contributed by atoms with Crippen LogP contribution in [0.25, 0.3) is 0 Å². The van der Waals surface area contributed by atoms with E-state index in [0.29, 0.717) is 22.2 Å². The monoisotopic (exact) mass is 613 g/mol. The van der Waals surface area contributed by atoms with Gasteiger partial charge in [0.2, 0.25) is 5.54 Å². The molecule has 0 saturated carbocycles. The molecule has 0 unspecified atom stereocenters. The quantitative estimate of drug-likeness (QED) is 0.331. The number of halogens is 2. The Kier molecular flexibility index (Phi) is 9.40. The molecule has 0 aromatic heterocycles. The summed E-state index contributed by atoms with van der Waals surface area (Å²) in [6.07, 6.45) is -1.45. The number of benzene rings is 2. The fourth-order valence-electron chi connectivity index (χ4n) is 4.00. The number of nitrogens with one attached hydrogen (secondary N) is 1. The number of anilines is 1. The number of ether oxygens (including phenoxy) is 2. The Hall–Kier alpha value is -3.23. The zero-order valence-electron chi connectivity index (χ0n) is 23.7. The SMILES string of the molecule is CC(C)OC(=O)[C@@](C)(C(=O)[C@H]1NC(C)(C)CS1)N(c1ccc(OC(=O)N(C)C)cc1)S(=O)(=O)c1ccc(F)cc1F. The molecule has 0 bridgehead atoms. The molecule has 224 valence electrons. The fraction of sp³-hybridized carbons (Fsp3) is 0.444. The van der Waals surface area contributed by atoms with Crippen LogP contribution >= 0.6 is 11.8 Å². The van der Waals surface area contributed by atoms with Gasteiger partial charge in [-0.2, -0.15) is 0 Å². The molecule has 0 aliphatic carbocycles. The van der Waals surface area contributed by atoms with E-state index in [9.17, 15) is 31.6 Å². The van der Waals surface area contributed by atoms with Crippen molar-refractivity contribution in [1.29, 1.82) is 0 Å². The molecule has 1 saturated heterocycles. The van der Waals surface area contributed by atoms with Gasteiger partial charge in [-0.05, 0) is 71.0 Å². The highest BCUT2D eigenvalue weighted by atomic mass is 32.2. The van der Waals surface area contributed by atoms with Crippen LogP contribution < -0.4 is 14.4 Å². The number of hydrogen-bond acceptors (Lipinski definition) is 9. The molecule has 1 amide bonds. The lowest BCUT2D eigenvalue weighted by molar-refractivity contribution is -0.156. The summed E-state index contributed by atoms with van der Waals surface area (Å²) < 4.78 is 68.2. The molecule has 2 aromatic carbocycles. The number of nitrogens with zero attached hydrogens (tertiary/aromatic N) is 2. The Morgan fingerprint density at radius 3 is 2.20 bits per heavy atom. The highest BCUT2D eigenvalue weighted by Gasteiger charge is 2.57. The summed E-state index contributed by atoms with van der Waals surface area (Å²) in [5, 5.41) is 2.08. The van der Waals surface area contributed by atoms with Gasteiger partial charge in [0.05, 0.1) is 11.8 Å². The van der Waals surface area contributed by atoms with Crippen molar-refractivity contribution in [3.8, 4) is 5.75 Å². The molecule has 3 rings (SSSR count). The third-order valence-corrected chi connectivity index (χ3v) is 9.55. The molecule has 0 radical (unpaired) electrons. The van der Waals surface area contributed by atoms with Crippen molar-refractivity contribution in [3.05, 3.63) is 54.1 Å². The number of carbonyl (C=O) groups excluding carboxylic acids is 3. The number of amides is 1. The number of ketones is 1. The van der Waals surface area contributed by atoms with Gasteiger partial charge >= 0.3 is 12.1 Å². The van der Waals surface area contributed by atoms with Gasteiger partial charge in [-0.3, -0.25) is 10.1 Å². The topological polar surface area (TPSA) is 122 Å². The average Bonchev–Trinajstić information content (AvgIpc) is 3.23. The second kappa shape index (κ2) is 11.9. The van der Waals surface area contributed by atoms with Gasteiger partial charge in [-0.25, -0.2) is 31.1 Å². The molecule has 1 N–H and O–H groups in total. The molecule has 1 heterocycles. The zero-order chi connectivity index (χ0) is 30.9. The van der Waals surface area contributed by atoms with Crippen molar-refractivity contribution >= 4 is 45.3 Å². The van der Waals surface area contributed by atoms with Crippen LogP contribution in [0.3, 0.4) is 0 Å². The maximum Gasteiger partial charge on any atom is 0.414 e. The highest BCUT2D eigenvalue weighted by molar-refractivity contribution is 8.01. The summed E-state index contributed by atoms with van der Waals surface area (Å²) in [4.78, 5) is 40.1. The molecule has 0 spiro atoms. The van der Waals surface area contributed by atoms with Crippen molar-refractivity contribution in [2.24, 2.45) is 0 Å². The lowest BCUT2D eigenvalue weighted by atomic mass is 9.94. The Morgan fingerprint density at radius 2 is 1.71 bits per heavy atom. The molecule has 1 aliphatic heterocycles. The predicted octanol–water partition coefficient (Wildman–Crippen LogP) is 3.94. The first kappa shape index (κ1) is 32.3. The van der Waals surface area contributed by atoms with Crippen molar-refractivity contribution < 1.29 is 41.1 Å². The Bertz CT molecular complexity index is 1430. The lowest BCUT2D eigenvalue weighted by Crippen LogP contribution is -2.65. The lowest BCUT2D eigenvalue weighted by Gasteiger charge is -2.40. The van der Waals surface area contributed by atoms with E-state index in [1.54, 1.807) is 0 Å².